The summed E-state index contributed by atoms with van der Waals surface area (Å²) in [6.07, 6.45) is 0. The molecule has 3 nitrogen and oxygen atoms in total. The van der Waals surface area contributed by atoms with Crippen molar-refractivity contribution < 1.29 is 4.98 Å². The van der Waals surface area contributed by atoms with Gasteiger partial charge in [-0.25, -0.2) is 9.97 Å². The first kappa shape index (κ1) is 11.0. The number of aromatic amines is 1. The maximum absolute atomic E-state index is 4.72. The molecule has 0 atom stereocenters. The summed E-state index contributed by atoms with van der Waals surface area (Å²) in [7, 11) is 4.08. The van der Waals surface area contributed by atoms with Gasteiger partial charge in [0.15, 0.2) is 0 Å². The summed E-state index contributed by atoms with van der Waals surface area (Å²) in [6.45, 7) is 2.08. The molecule has 0 aliphatic rings. The normalized spacial score (nSPS) is 11.1. The largest absolute Gasteiger partial charge is 0.378 e. The van der Waals surface area contributed by atoms with Crippen molar-refractivity contribution in [1.29, 1.82) is 0 Å². The highest BCUT2D eigenvalue weighted by atomic mass is 15.1. The van der Waals surface area contributed by atoms with Crippen molar-refractivity contribution in [3.8, 4) is 0 Å². The van der Waals surface area contributed by atoms with Crippen molar-refractivity contribution in [2.75, 3.05) is 19.0 Å². The molecule has 1 heterocycles. The van der Waals surface area contributed by atoms with Crippen LogP contribution in [0.4, 0.5) is 5.69 Å². The van der Waals surface area contributed by atoms with E-state index >= 15 is 0 Å². The van der Waals surface area contributed by atoms with Crippen LogP contribution < -0.4 is 9.88 Å². The van der Waals surface area contributed by atoms with Crippen molar-refractivity contribution in [3.05, 3.63) is 42.0 Å². The van der Waals surface area contributed by atoms with Gasteiger partial charge in [0.2, 0.25) is 11.0 Å². The third kappa shape index (κ3) is 1.78. The zero-order chi connectivity index (χ0) is 12.7. The SMILES string of the molecule is Cc1ccc2[nH+]c3ccc(N(C)C)cc3nc2c1. The second-order valence-corrected chi connectivity index (χ2v) is 4.85. The molecule has 3 rings (SSSR count). The van der Waals surface area contributed by atoms with E-state index in [1.807, 2.05) is 14.1 Å². The number of hydrogen-bond donors (Lipinski definition) is 0. The van der Waals surface area contributed by atoms with Crippen molar-refractivity contribution in [3.63, 3.8) is 0 Å². The summed E-state index contributed by atoms with van der Waals surface area (Å²) in [5, 5.41) is 0. The van der Waals surface area contributed by atoms with Gasteiger partial charge in [-0.05, 0) is 30.7 Å². The first-order chi connectivity index (χ1) is 8.63. The Labute approximate surface area is 106 Å². The fourth-order valence-electron chi connectivity index (χ4n) is 2.11. The topological polar surface area (TPSA) is 30.3 Å². The number of aryl methyl sites for hydroxylation is 1. The first-order valence-electron chi connectivity index (χ1n) is 6.04. The molecular weight excluding hydrogens is 222 g/mol. The Hall–Kier alpha value is -2.16. The van der Waals surface area contributed by atoms with Crippen LogP contribution in [-0.2, 0) is 0 Å². The van der Waals surface area contributed by atoms with Crippen molar-refractivity contribution in [2.24, 2.45) is 0 Å². The molecule has 0 saturated heterocycles. The predicted molar refractivity (Wildman–Crippen MR) is 74.9 cm³/mol. The van der Waals surface area contributed by atoms with Gasteiger partial charge >= 0.3 is 0 Å². The fraction of sp³-hybridized carbons (Fsp3) is 0.200. The minimum absolute atomic E-state index is 0.999. The summed E-state index contributed by atoms with van der Waals surface area (Å²) in [6, 6.07) is 12.6. The summed E-state index contributed by atoms with van der Waals surface area (Å²) >= 11 is 0. The Kier molecular flexibility index (Phi) is 2.40. The van der Waals surface area contributed by atoms with Crippen molar-refractivity contribution in [2.45, 2.75) is 6.92 Å². The average Bonchev–Trinajstić information content (AvgIpc) is 2.35. The lowest BCUT2D eigenvalue weighted by atomic mass is 10.2. The Balaban J connectivity index is 2.31. The quantitative estimate of drug-likeness (QED) is 0.610. The molecule has 0 aliphatic heterocycles. The molecule has 0 bridgehead atoms. The molecule has 0 radical (unpaired) electrons. The van der Waals surface area contributed by atoms with E-state index in [9.17, 15) is 0 Å². The van der Waals surface area contributed by atoms with E-state index in [4.69, 9.17) is 4.98 Å². The van der Waals surface area contributed by atoms with Crippen molar-refractivity contribution >= 4 is 27.8 Å². The van der Waals surface area contributed by atoms with Gasteiger partial charge in [0.25, 0.3) is 0 Å². The monoisotopic (exact) mass is 238 g/mol. The molecule has 1 aromatic heterocycles. The van der Waals surface area contributed by atoms with Gasteiger partial charge in [-0.1, -0.05) is 6.07 Å². The zero-order valence-electron chi connectivity index (χ0n) is 10.9. The number of anilines is 1. The second kappa shape index (κ2) is 3.95. The molecule has 2 aromatic carbocycles. The second-order valence-electron chi connectivity index (χ2n) is 4.85. The van der Waals surface area contributed by atoms with E-state index in [0.29, 0.717) is 0 Å². The molecule has 3 aromatic rings. The van der Waals surface area contributed by atoms with Crippen LogP contribution in [0.25, 0.3) is 22.1 Å². The predicted octanol–water partition coefficient (Wildman–Crippen LogP) is 2.58. The third-order valence-corrected chi connectivity index (χ3v) is 3.16. The molecule has 90 valence electrons. The van der Waals surface area contributed by atoms with E-state index in [1.54, 1.807) is 0 Å². The molecule has 18 heavy (non-hydrogen) atoms. The maximum atomic E-state index is 4.72. The fourth-order valence-corrected chi connectivity index (χ4v) is 2.11. The minimum atomic E-state index is 0.999. The van der Waals surface area contributed by atoms with E-state index in [2.05, 4.69) is 53.2 Å². The van der Waals surface area contributed by atoms with Gasteiger partial charge in [0, 0.05) is 31.9 Å². The Morgan fingerprint density at radius 1 is 0.944 bits per heavy atom. The Morgan fingerprint density at radius 3 is 2.33 bits per heavy atom. The van der Waals surface area contributed by atoms with Crippen LogP contribution in [-0.4, -0.2) is 19.1 Å². The number of nitrogens with zero attached hydrogens (tertiary/aromatic N) is 2. The molecule has 0 fully saturated rings. The Morgan fingerprint density at radius 2 is 1.61 bits per heavy atom. The van der Waals surface area contributed by atoms with Crippen LogP contribution in [0.2, 0.25) is 0 Å². The molecule has 0 spiro atoms. The highest BCUT2D eigenvalue weighted by Crippen LogP contribution is 2.19. The number of H-pyrrole nitrogens is 1. The third-order valence-electron chi connectivity index (χ3n) is 3.16. The molecular formula is C15H16N3+. The highest BCUT2D eigenvalue weighted by Gasteiger charge is 2.08. The lowest BCUT2D eigenvalue weighted by Crippen LogP contribution is -2.11. The molecule has 0 amide bonds. The van der Waals surface area contributed by atoms with E-state index < -0.39 is 0 Å². The number of hydrogen-bond acceptors (Lipinski definition) is 2. The van der Waals surface area contributed by atoms with Gasteiger partial charge in [-0.3, -0.25) is 0 Å². The molecule has 0 aliphatic carbocycles. The molecule has 1 N–H and O–H groups in total. The van der Waals surface area contributed by atoms with Gasteiger partial charge in [-0.15, -0.1) is 0 Å². The lowest BCUT2D eigenvalue weighted by Gasteiger charge is -2.11. The highest BCUT2D eigenvalue weighted by molar-refractivity contribution is 5.83. The minimum Gasteiger partial charge on any atom is -0.378 e. The molecule has 0 unspecified atom stereocenters. The van der Waals surface area contributed by atoms with Gasteiger partial charge in [0.05, 0.1) is 0 Å². The van der Waals surface area contributed by atoms with Crippen LogP contribution in [0.3, 0.4) is 0 Å². The summed E-state index contributed by atoms with van der Waals surface area (Å²) in [5.74, 6) is 0. The van der Waals surface area contributed by atoms with Gasteiger partial charge in [0.1, 0.15) is 11.0 Å². The lowest BCUT2D eigenvalue weighted by molar-refractivity contribution is -0.310. The number of benzene rings is 2. The van der Waals surface area contributed by atoms with Gasteiger partial charge in [-0.2, -0.15) is 0 Å². The standard InChI is InChI=1S/C15H15N3/c1-10-4-6-12-14(8-10)17-15-9-11(18(2)3)5-7-13(15)16-12/h4-9H,1-3H3/p+1. The summed E-state index contributed by atoms with van der Waals surface area (Å²) < 4.78 is 0. The van der Waals surface area contributed by atoms with Crippen LogP contribution >= 0.6 is 0 Å². The van der Waals surface area contributed by atoms with Crippen molar-refractivity contribution in [1.82, 2.24) is 4.98 Å². The molecule has 3 heteroatoms. The van der Waals surface area contributed by atoms with Crippen LogP contribution in [0.15, 0.2) is 36.4 Å². The van der Waals surface area contributed by atoms with E-state index in [1.165, 1.54) is 5.56 Å². The van der Waals surface area contributed by atoms with Gasteiger partial charge < -0.3 is 4.90 Å². The Bertz CT molecular complexity index is 732. The number of fused-ring (bicyclic) bond motifs is 2. The van der Waals surface area contributed by atoms with E-state index in [0.717, 1.165) is 27.8 Å². The number of aromatic nitrogens is 2. The van der Waals surface area contributed by atoms with Crippen LogP contribution in [0, 0.1) is 6.92 Å². The van der Waals surface area contributed by atoms with Crippen LogP contribution in [0.5, 0.6) is 0 Å². The first-order valence-corrected chi connectivity index (χ1v) is 6.04. The van der Waals surface area contributed by atoms with Crippen LogP contribution in [0.1, 0.15) is 5.56 Å². The summed E-state index contributed by atoms with van der Waals surface area (Å²) in [5.41, 5.74) is 6.54. The number of rotatable bonds is 1. The number of nitrogens with one attached hydrogen (secondary N) is 1. The molecule has 0 saturated carbocycles. The zero-order valence-corrected chi connectivity index (χ0v) is 10.9. The maximum Gasteiger partial charge on any atom is 0.230 e. The average molecular weight is 238 g/mol. The van der Waals surface area contributed by atoms with E-state index in [-0.39, 0.29) is 0 Å². The smallest absolute Gasteiger partial charge is 0.230 e. The summed E-state index contributed by atoms with van der Waals surface area (Å²) in [4.78, 5) is 10.2.